The number of nitrogens with one attached hydrogen (secondary N) is 2. The minimum absolute atomic E-state index is 0.123. The lowest BCUT2D eigenvalue weighted by Gasteiger charge is -2.20. The van der Waals surface area contributed by atoms with E-state index in [1.54, 1.807) is 0 Å². The van der Waals surface area contributed by atoms with E-state index in [1.165, 1.54) is 12.8 Å². The molecular weight excluding hydrogens is 226 g/mol. The normalized spacial score (nSPS) is 15.4. The molecule has 1 aliphatic rings. The Balaban J connectivity index is 2.04. The number of carbonyl (C=O) groups excluding carboxylic acids is 1. The lowest BCUT2D eigenvalue weighted by atomic mass is 10.2. The fraction of sp³-hybridized carbons (Fsp3) is 0.929. The van der Waals surface area contributed by atoms with Gasteiger partial charge in [-0.15, -0.1) is 0 Å². The highest BCUT2D eigenvalue weighted by Gasteiger charge is 2.26. The predicted molar refractivity (Wildman–Crippen MR) is 75.7 cm³/mol. The molecular formula is C14H29N3O. The first-order chi connectivity index (χ1) is 8.71. The Bertz CT molecular complexity index is 237. The van der Waals surface area contributed by atoms with Crippen LogP contribution in [0.25, 0.3) is 0 Å². The first-order valence-electron chi connectivity index (χ1n) is 7.45. The van der Waals surface area contributed by atoms with Crippen LogP contribution in [0, 0.1) is 0 Å². The molecule has 0 aromatic rings. The molecule has 0 spiro atoms. The van der Waals surface area contributed by atoms with Gasteiger partial charge in [-0.3, -0.25) is 9.69 Å². The van der Waals surface area contributed by atoms with Crippen molar-refractivity contribution in [2.75, 3.05) is 26.2 Å². The number of nitrogens with zero attached hydrogens (tertiary/aromatic N) is 1. The first kappa shape index (κ1) is 15.4. The molecule has 0 saturated heterocycles. The highest BCUT2D eigenvalue weighted by Crippen LogP contribution is 2.25. The summed E-state index contributed by atoms with van der Waals surface area (Å²) >= 11 is 0. The van der Waals surface area contributed by atoms with E-state index in [0.29, 0.717) is 12.6 Å². The van der Waals surface area contributed by atoms with Crippen LogP contribution in [0.5, 0.6) is 0 Å². The molecule has 0 radical (unpaired) electrons. The third-order valence-corrected chi connectivity index (χ3v) is 3.68. The summed E-state index contributed by atoms with van der Waals surface area (Å²) in [6, 6.07) is 1.15. The summed E-state index contributed by atoms with van der Waals surface area (Å²) in [5, 5.41) is 6.27. The number of hydrogen-bond acceptors (Lipinski definition) is 3. The van der Waals surface area contributed by atoms with Crippen molar-refractivity contribution in [3.63, 3.8) is 0 Å². The van der Waals surface area contributed by atoms with Gasteiger partial charge in [-0.05, 0) is 32.2 Å². The van der Waals surface area contributed by atoms with E-state index in [4.69, 9.17) is 0 Å². The van der Waals surface area contributed by atoms with Gasteiger partial charge in [0.1, 0.15) is 0 Å². The molecule has 1 rings (SSSR count). The highest BCUT2D eigenvalue weighted by atomic mass is 16.1. The van der Waals surface area contributed by atoms with Crippen LogP contribution in [0.15, 0.2) is 0 Å². The molecule has 1 amide bonds. The Kier molecular flexibility index (Phi) is 7.28. The maximum atomic E-state index is 11.6. The van der Waals surface area contributed by atoms with Crippen LogP contribution in [0.3, 0.4) is 0 Å². The van der Waals surface area contributed by atoms with Crippen molar-refractivity contribution in [2.24, 2.45) is 0 Å². The molecule has 2 N–H and O–H groups in total. The summed E-state index contributed by atoms with van der Waals surface area (Å²) in [5.41, 5.74) is 0. The molecule has 4 heteroatoms. The van der Waals surface area contributed by atoms with Crippen molar-refractivity contribution in [3.8, 4) is 0 Å². The minimum atomic E-state index is 0.123. The topological polar surface area (TPSA) is 44.4 Å². The summed E-state index contributed by atoms with van der Waals surface area (Å²) in [5.74, 6) is 0.123. The summed E-state index contributed by atoms with van der Waals surface area (Å²) in [7, 11) is 0. The largest absolute Gasteiger partial charge is 0.352 e. The van der Waals surface area contributed by atoms with E-state index in [2.05, 4.69) is 36.3 Å². The Labute approximate surface area is 111 Å². The Morgan fingerprint density at radius 1 is 1.28 bits per heavy atom. The maximum absolute atomic E-state index is 11.6. The SMILES string of the molecule is CCC(CC)NC(=O)CNCCN(CC)C1CC1. The van der Waals surface area contributed by atoms with Crippen molar-refractivity contribution < 1.29 is 4.79 Å². The number of rotatable bonds is 10. The molecule has 0 aromatic carbocycles. The second kappa shape index (κ2) is 8.48. The van der Waals surface area contributed by atoms with Crippen LogP contribution < -0.4 is 10.6 Å². The van der Waals surface area contributed by atoms with Gasteiger partial charge in [0.05, 0.1) is 6.54 Å². The average Bonchev–Trinajstić information content (AvgIpc) is 3.20. The number of likely N-dealkylation sites (N-methyl/N-ethyl adjacent to an activating group) is 1. The van der Waals surface area contributed by atoms with Crippen LogP contribution in [-0.2, 0) is 4.79 Å². The van der Waals surface area contributed by atoms with E-state index in [1.807, 2.05) is 0 Å². The second-order valence-corrected chi connectivity index (χ2v) is 5.12. The molecule has 0 atom stereocenters. The van der Waals surface area contributed by atoms with E-state index < -0.39 is 0 Å². The summed E-state index contributed by atoms with van der Waals surface area (Å²) in [4.78, 5) is 14.1. The van der Waals surface area contributed by atoms with Crippen LogP contribution in [-0.4, -0.2) is 49.1 Å². The molecule has 0 aromatic heterocycles. The van der Waals surface area contributed by atoms with E-state index in [9.17, 15) is 4.79 Å². The molecule has 18 heavy (non-hydrogen) atoms. The Morgan fingerprint density at radius 2 is 1.94 bits per heavy atom. The van der Waals surface area contributed by atoms with Gasteiger partial charge in [0.25, 0.3) is 0 Å². The summed E-state index contributed by atoms with van der Waals surface area (Å²) < 4.78 is 0. The molecule has 1 aliphatic carbocycles. The fourth-order valence-corrected chi connectivity index (χ4v) is 2.23. The number of amides is 1. The molecule has 0 aliphatic heterocycles. The van der Waals surface area contributed by atoms with Gasteiger partial charge in [0, 0.05) is 25.2 Å². The maximum Gasteiger partial charge on any atom is 0.234 e. The minimum Gasteiger partial charge on any atom is -0.352 e. The van der Waals surface area contributed by atoms with Gasteiger partial charge in [0.15, 0.2) is 0 Å². The fourth-order valence-electron chi connectivity index (χ4n) is 2.23. The van der Waals surface area contributed by atoms with Gasteiger partial charge >= 0.3 is 0 Å². The number of hydrogen-bond donors (Lipinski definition) is 2. The molecule has 0 unspecified atom stereocenters. The van der Waals surface area contributed by atoms with Crippen LogP contribution in [0.4, 0.5) is 0 Å². The highest BCUT2D eigenvalue weighted by molar-refractivity contribution is 5.78. The molecule has 1 saturated carbocycles. The number of carbonyl (C=O) groups is 1. The van der Waals surface area contributed by atoms with Crippen molar-refractivity contribution in [1.29, 1.82) is 0 Å². The van der Waals surface area contributed by atoms with E-state index in [-0.39, 0.29) is 5.91 Å². The van der Waals surface area contributed by atoms with Gasteiger partial charge in [0.2, 0.25) is 5.91 Å². The smallest absolute Gasteiger partial charge is 0.234 e. The van der Waals surface area contributed by atoms with Crippen molar-refractivity contribution in [3.05, 3.63) is 0 Å². The van der Waals surface area contributed by atoms with Gasteiger partial charge in [-0.2, -0.15) is 0 Å². The molecule has 106 valence electrons. The van der Waals surface area contributed by atoms with Crippen molar-refractivity contribution in [1.82, 2.24) is 15.5 Å². The molecule has 0 bridgehead atoms. The standard InChI is InChI=1S/C14H29N3O/c1-4-12(5-2)16-14(18)11-15-9-10-17(6-3)13-7-8-13/h12-13,15H,4-11H2,1-3H3,(H,16,18). The zero-order valence-electron chi connectivity index (χ0n) is 12.2. The van der Waals surface area contributed by atoms with Gasteiger partial charge in [-0.1, -0.05) is 20.8 Å². The lowest BCUT2D eigenvalue weighted by Crippen LogP contribution is -2.42. The van der Waals surface area contributed by atoms with Gasteiger partial charge < -0.3 is 10.6 Å². The Hall–Kier alpha value is -0.610. The summed E-state index contributed by atoms with van der Waals surface area (Å²) in [6.07, 6.45) is 4.72. The van der Waals surface area contributed by atoms with E-state index in [0.717, 1.165) is 38.5 Å². The predicted octanol–water partition coefficient (Wildman–Crippen LogP) is 1.37. The molecule has 4 nitrogen and oxygen atoms in total. The van der Waals surface area contributed by atoms with Crippen LogP contribution in [0.2, 0.25) is 0 Å². The third kappa shape index (κ3) is 5.83. The average molecular weight is 255 g/mol. The lowest BCUT2D eigenvalue weighted by molar-refractivity contribution is -0.121. The van der Waals surface area contributed by atoms with Crippen molar-refractivity contribution in [2.45, 2.75) is 58.5 Å². The first-order valence-corrected chi connectivity index (χ1v) is 7.45. The molecule has 1 fully saturated rings. The quantitative estimate of drug-likeness (QED) is 0.579. The van der Waals surface area contributed by atoms with Crippen LogP contribution in [0.1, 0.15) is 46.5 Å². The van der Waals surface area contributed by atoms with Gasteiger partial charge in [-0.25, -0.2) is 0 Å². The Morgan fingerprint density at radius 3 is 2.44 bits per heavy atom. The van der Waals surface area contributed by atoms with Crippen LogP contribution >= 0.6 is 0 Å². The molecule has 0 heterocycles. The second-order valence-electron chi connectivity index (χ2n) is 5.12. The summed E-state index contributed by atoms with van der Waals surface area (Å²) in [6.45, 7) is 9.94. The zero-order valence-corrected chi connectivity index (χ0v) is 12.2. The van der Waals surface area contributed by atoms with E-state index >= 15 is 0 Å². The monoisotopic (exact) mass is 255 g/mol. The third-order valence-electron chi connectivity index (χ3n) is 3.68. The zero-order chi connectivity index (χ0) is 13.4. The van der Waals surface area contributed by atoms with Crippen molar-refractivity contribution >= 4 is 5.91 Å².